The molecular formula is C5H8Br3Ti-. The van der Waals surface area contributed by atoms with Crippen molar-refractivity contribution in [1.29, 1.82) is 0 Å². The van der Waals surface area contributed by atoms with Crippen LogP contribution in [0.3, 0.4) is 0 Å². The van der Waals surface area contributed by atoms with E-state index in [2.05, 4.69) is 12.2 Å². The number of allylic oxidation sites excluding steroid dienone is 4. The third kappa shape index (κ3) is 12.8. The zero-order chi connectivity index (χ0) is 3.54. The number of hydrogen-bond acceptors (Lipinski definition) is 0. The molecule has 0 spiro atoms. The van der Waals surface area contributed by atoms with Crippen molar-refractivity contribution in [2.75, 3.05) is 0 Å². The molecule has 0 heterocycles. The van der Waals surface area contributed by atoms with Gasteiger partial charge in [0.15, 0.2) is 0 Å². The maximum absolute atomic E-state index is 2.99. The van der Waals surface area contributed by atoms with Crippen molar-refractivity contribution in [1.82, 2.24) is 0 Å². The van der Waals surface area contributed by atoms with Crippen molar-refractivity contribution in [3.05, 3.63) is 24.3 Å². The van der Waals surface area contributed by atoms with Gasteiger partial charge >= 0.3 is 0 Å². The van der Waals surface area contributed by atoms with Gasteiger partial charge in [-0.15, -0.1) is 57.4 Å². The number of halogens is 3. The fourth-order valence-electron chi connectivity index (χ4n) is 0.340. The summed E-state index contributed by atoms with van der Waals surface area (Å²) in [6.07, 6.45) is 10.0. The van der Waals surface area contributed by atoms with E-state index in [1.165, 1.54) is 0 Å². The van der Waals surface area contributed by atoms with Crippen LogP contribution in [-0.2, 0) is 21.7 Å². The number of hydrogen-bond donors (Lipinski definition) is 0. The maximum Gasteiger partial charge on any atom is 0 e. The zero-order valence-electron chi connectivity index (χ0n) is 4.66. The molecule has 54 valence electrons. The normalized spacial score (nSPS) is 9.78. The van der Waals surface area contributed by atoms with Crippen molar-refractivity contribution in [3.63, 3.8) is 0 Å². The first-order valence-electron chi connectivity index (χ1n) is 1.72. The summed E-state index contributed by atoms with van der Waals surface area (Å²) in [4.78, 5) is 0. The van der Waals surface area contributed by atoms with Crippen LogP contribution in [0.2, 0.25) is 0 Å². The van der Waals surface area contributed by atoms with Crippen LogP contribution in [0.4, 0.5) is 0 Å². The minimum atomic E-state index is 0. The average Bonchev–Trinajstić information content (AvgIpc) is 1.76. The molecule has 0 amide bonds. The molecule has 0 N–H and O–H groups in total. The Morgan fingerprint density at radius 2 is 1.67 bits per heavy atom. The molecule has 1 rings (SSSR count). The summed E-state index contributed by atoms with van der Waals surface area (Å²) in [5, 5.41) is 0. The Balaban J connectivity index is -0.0000000312. The van der Waals surface area contributed by atoms with E-state index in [0.29, 0.717) is 0 Å². The molecule has 4 heteroatoms. The molecule has 0 aliphatic heterocycles. The molecular weight excluding hydrogens is 348 g/mol. The third-order valence-electron chi connectivity index (χ3n) is 0.586. The first-order chi connectivity index (χ1) is 2.50. The van der Waals surface area contributed by atoms with Gasteiger partial charge in [0, 0.05) is 21.7 Å². The minimum Gasteiger partial charge on any atom is -0.273 e. The van der Waals surface area contributed by atoms with Crippen LogP contribution >= 0.6 is 50.9 Å². The SMILES string of the molecule is Br.Br.Br.[C-]1=CC=CC1.[Ti]. The molecule has 0 fully saturated rings. The third-order valence-corrected chi connectivity index (χ3v) is 0.586. The van der Waals surface area contributed by atoms with Crippen molar-refractivity contribution >= 4 is 50.9 Å². The predicted molar refractivity (Wildman–Crippen MR) is 52.5 cm³/mol. The second-order valence-corrected chi connectivity index (χ2v) is 1.00. The van der Waals surface area contributed by atoms with E-state index in [9.17, 15) is 0 Å². The van der Waals surface area contributed by atoms with Gasteiger partial charge < -0.3 is 0 Å². The monoisotopic (exact) mass is 353 g/mol. The van der Waals surface area contributed by atoms with E-state index in [0.717, 1.165) is 6.42 Å². The van der Waals surface area contributed by atoms with Crippen molar-refractivity contribution in [2.24, 2.45) is 0 Å². The Morgan fingerprint density at radius 3 is 1.78 bits per heavy atom. The Bertz CT molecular complexity index is 70.3. The minimum absolute atomic E-state index is 0. The molecule has 0 aromatic rings. The molecule has 9 heavy (non-hydrogen) atoms. The topological polar surface area (TPSA) is 0 Å². The summed E-state index contributed by atoms with van der Waals surface area (Å²) < 4.78 is 0. The Labute approximate surface area is 102 Å². The molecule has 1 aliphatic carbocycles. The van der Waals surface area contributed by atoms with Gasteiger partial charge in [0.25, 0.3) is 0 Å². The van der Waals surface area contributed by atoms with Crippen molar-refractivity contribution in [2.45, 2.75) is 6.42 Å². The first kappa shape index (κ1) is 22.4. The van der Waals surface area contributed by atoms with Gasteiger partial charge in [-0.25, -0.2) is 12.2 Å². The van der Waals surface area contributed by atoms with E-state index in [1.807, 2.05) is 12.2 Å². The van der Waals surface area contributed by atoms with Crippen molar-refractivity contribution < 1.29 is 21.7 Å². The van der Waals surface area contributed by atoms with Crippen LogP contribution in [0.5, 0.6) is 0 Å². The van der Waals surface area contributed by atoms with Gasteiger partial charge in [-0.1, -0.05) is 0 Å². The smallest absolute Gasteiger partial charge is 0 e. The van der Waals surface area contributed by atoms with Gasteiger partial charge in [-0.3, -0.25) is 6.08 Å². The summed E-state index contributed by atoms with van der Waals surface area (Å²) >= 11 is 0. The summed E-state index contributed by atoms with van der Waals surface area (Å²) in [5.74, 6) is 0. The summed E-state index contributed by atoms with van der Waals surface area (Å²) in [6.45, 7) is 0. The molecule has 0 saturated carbocycles. The van der Waals surface area contributed by atoms with Gasteiger partial charge in [-0.05, 0) is 0 Å². The van der Waals surface area contributed by atoms with Crippen LogP contribution < -0.4 is 0 Å². The van der Waals surface area contributed by atoms with Crippen LogP contribution in [0.25, 0.3) is 0 Å². The molecule has 0 nitrogen and oxygen atoms in total. The number of rotatable bonds is 0. The summed E-state index contributed by atoms with van der Waals surface area (Å²) in [7, 11) is 0. The van der Waals surface area contributed by atoms with Crippen LogP contribution in [0.1, 0.15) is 6.42 Å². The molecule has 1 aliphatic rings. The molecule has 0 atom stereocenters. The fraction of sp³-hybridized carbons (Fsp3) is 0.200. The molecule has 0 bridgehead atoms. The zero-order valence-corrected chi connectivity index (χ0v) is 11.4. The fourth-order valence-corrected chi connectivity index (χ4v) is 0.340. The van der Waals surface area contributed by atoms with E-state index >= 15 is 0 Å². The summed E-state index contributed by atoms with van der Waals surface area (Å²) in [5.41, 5.74) is 0. The van der Waals surface area contributed by atoms with E-state index in [4.69, 9.17) is 0 Å². The largest absolute Gasteiger partial charge is 0.273 e. The molecule has 0 unspecified atom stereocenters. The summed E-state index contributed by atoms with van der Waals surface area (Å²) in [6, 6.07) is 0. The van der Waals surface area contributed by atoms with Crippen LogP contribution in [0, 0.1) is 6.08 Å². The Hall–Kier alpha value is 1.63. The molecule has 0 aromatic heterocycles. The Morgan fingerprint density at radius 1 is 1.11 bits per heavy atom. The van der Waals surface area contributed by atoms with Gasteiger partial charge in [0.1, 0.15) is 0 Å². The average molecular weight is 356 g/mol. The van der Waals surface area contributed by atoms with Crippen LogP contribution in [-0.4, -0.2) is 0 Å². The van der Waals surface area contributed by atoms with E-state index in [1.54, 1.807) is 0 Å². The second kappa shape index (κ2) is 16.3. The van der Waals surface area contributed by atoms with Crippen molar-refractivity contribution in [3.8, 4) is 0 Å². The maximum atomic E-state index is 2.99. The van der Waals surface area contributed by atoms with Crippen LogP contribution in [0.15, 0.2) is 18.2 Å². The van der Waals surface area contributed by atoms with E-state index in [-0.39, 0.29) is 72.7 Å². The van der Waals surface area contributed by atoms with Gasteiger partial charge in [0.05, 0.1) is 0 Å². The molecule has 0 saturated heterocycles. The molecule has 0 aromatic carbocycles. The standard InChI is InChI=1S/C5H5.3BrH.Ti/c1-2-4-5-3-1;;;;/h1-3H,4H2;3*1H;/q-1;;;;. The second-order valence-electron chi connectivity index (χ2n) is 1.00. The van der Waals surface area contributed by atoms with Gasteiger partial charge in [0.2, 0.25) is 0 Å². The molecule has 0 radical (unpaired) electrons. The van der Waals surface area contributed by atoms with E-state index < -0.39 is 0 Å². The predicted octanol–water partition coefficient (Wildman–Crippen LogP) is 3.04. The Kier molecular flexibility index (Phi) is 40.7. The van der Waals surface area contributed by atoms with Gasteiger partial charge in [-0.2, -0.15) is 6.08 Å². The first-order valence-corrected chi connectivity index (χ1v) is 1.72. The quantitative estimate of drug-likeness (QED) is 0.463.